The van der Waals surface area contributed by atoms with E-state index in [1.807, 2.05) is 0 Å². The monoisotopic (exact) mass is 743 g/mol. The molecular formula is C56H41NO. The number of hydrogen-bond acceptors (Lipinski definition) is 2. The molecule has 58 heavy (non-hydrogen) atoms. The van der Waals surface area contributed by atoms with Gasteiger partial charge in [0.25, 0.3) is 0 Å². The van der Waals surface area contributed by atoms with Gasteiger partial charge >= 0.3 is 0 Å². The normalized spacial score (nSPS) is 12.9. The Morgan fingerprint density at radius 2 is 1.07 bits per heavy atom. The molecule has 2 heteroatoms. The van der Waals surface area contributed by atoms with E-state index in [-0.39, 0.29) is 5.41 Å². The molecule has 0 atom stereocenters. The van der Waals surface area contributed by atoms with Crippen LogP contribution in [0.4, 0.5) is 11.4 Å². The van der Waals surface area contributed by atoms with Gasteiger partial charge in [0, 0.05) is 44.3 Å². The average Bonchev–Trinajstić information content (AvgIpc) is 3.76. The number of rotatable bonds is 6. The standard InChI is InChI=1S/C56H41NO/c1-35-23-24-39(36-13-5-4-6-14-36)33-48(35)49-34-40(43-19-11-16-37-15-7-8-17-42(37)43)27-32-52(49)57-41-28-25-38(26-29-41)44-20-12-21-45-46-30-31-51-53(55(46)58-54(44)45)47-18-9-10-22-50(47)56(51,2)3/h4-34,57H,1-3H3. The molecule has 0 amide bonds. The van der Waals surface area contributed by atoms with Crippen LogP contribution >= 0.6 is 0 Å². The Morgan fingerprint density at radius 3 is 1.95 bits per heavy atom. The molecule has 0 aliphatic heterocycles. The van der Waals surface area contributed by atoms with Crippen molar-refractivity contribution in [3.8, 4) is 55.6 Å². The summed E-state index contributed by atoms with van der Waals surface area (Å²) in [6.07, 6.45) is 0. The van der Waals surface area contributed by atoms with Gasteiger partial charge in [-0.1, -0.05) is 172 Å². The summed E-state index contributed by atoms with van der Waals surface area (Å²) < 4.78 is 6.93. The first kappa shape index (κ1) is 34.1. The van der Waals surface area contributed by atoms with Crippen LogP contribution < -0.4 is 5.32 Å². The maximum absolute atomic E-state index is 6.93. The summed E-state index contributed by atoms with van der Waals surface area (Å²) in [5.74, 6) is 0. The Kier molecular flexibility index (Phi) is 7.78. The van der Waals surface area contributed by atoms with Crippen LogP contribution in [0.2, 0.25) is 0 Å². The first-order chi connectivity index (χ1) is 28.4. The summed E-state index contributed by atoms with van der Waals surface area (Å²) in [5, 5.41) is 8.62. The van der Waals surface area contributed by atoms with Crippen LogP contribution in [0.1, 0.15) is 30.5 Å². The highest BCUT2D eigenvalue weighted by molar-refractivity contribution is 6.14. The van der Waals surface area contributed by atoms with E-state index in [1.54, 1.807) is 0 Å². The lowest BCUT2D eigenvalue weighted by molar-refractivity contribution is 0.653. The fraction of sp³-hybridized carbons (Fsp3) is 0.0714. The number of fused-ring (bicyclic) bond motifs is 8. The zero-order valence-corrected chi connectivity index (χ0v) is 32.8. The van der Waals surface area contributed by atoms with Crippen molar-refractivity contribution in [1.82, 2.24) is 0 Å². The second-order valence-corrected chi connectivity index (χ2v) is 16.2. The van der Waals surface area contributed by atoms with Crippen LogP contribution in [0.25, 0.3) is 88.3 Å². The minimum Gasteiger partial charge on any atom is -0.455 e. The summed E-state index contributed by atoms with van der Waals surface area (Å²) in [5.41, 5.74) is 19.7. The molecule has 0 saturated heterocycles. The Labute approximate surface area is 339 Å². The molecule has 0 radical (unpaired) electrons. The molecule has 0 fully saturated rings. The second-order valence-electron chi connectivity index (χ2n) is 16.2. The highest BCUT2D eigenvalue weighted by Crippen LogP contribution is 2.53. The molecular weight excluding hydrogens is 703 g/mol. The molecule has 276 valence electrons. The van der Waals surface area contributed by atoms with Crippen LogP contribution in [0.15, 0.2) is 192 Å². The Balaban J connectivity index is 0.996. The predicted octanol–water partition coefficient (Wildman–Crippen LogP) is 15.8. The van der Waals surface area contributed by atoms with Gasteiger partial charge in [0.1, 0.15) is 11.2 Å². The maximum Gasteiger partial charge on any atom is 0.143 e. The molecule has 1 N–H and O–H groups in total. The van der Waals surface area contributed by atoms with Gasteiger partial charge in [0.2, 0.25) is 0 Å². The number of nitrogens with one attached hydrogen (secondary N) is 1. The quantitative estimate of drug-likeness (QED) is 0.183. The molecule has 0 saturated carbocycles. The molecule has 10 aromatic rings. The SMILES string of the molecule is Cc1ccc(-c2ccccc2)cc1-c1cc(-c2cccc3ccccc23)ccc1Nc1ccc(-c2cccc3c2oc2c4c(ccc23)C(C)(C)c2ccccc2-4)cc1. The minimum atomic E-state index is -0.0791. The lowest BCUT2D eigenvalue weighted by Gasteiger charge is -2.21. The van der Waals surface area contributed by atoms with E-state index >= 15 is 0 Å². The van der Waals surface area contributed by atoms with E-state index in [1.165, 1.54) is 66.4 Å². The summed E-state index contributed by atoms with van der Waals surface area (Å²) in [4.78, 5) is 0. The Morgan fingerprint density at radius 1 is 0.414 bits per heavy atom. The molecule has 0 spiro atoms. The Bertz CT molecular complexity index is 3220. The lowest BCUT2D eigenvalue weighted by atomic mass is 9.82. The van der Waals surface area contributed by atoms with E-state index in [4.69, 9.17) is 4.42 Å². The van der Waals surface area contributed by atoms with Crippen molar-refractivity contribution in [1.29, 1.82) is 0 Å². The molecule has 1 aliphatic rings. The van der Waals surface area contributed by atoms with Crippen LogP contribution in [0.5, 0.6) is 0 Å². The van der Waals surface area contributed by atoms with E-state index in [0.29, 0.717) is 0 Å². The van der Waals surface area contributed by atoms with Crippen molar-refractivity contribution in [3.05, 3.63) is 205 Å². The molecule has 9 aromatic carbocycles. The molecule has 1 aromatic heterocycles. The topological polar surface area (TPSA) is 25.2 Å². The van der Waals surface area contributed by atoms with Gasteiger partial charge in [-0.2, -0.15) is 0 Å². The largest absolute Gasteiger partial charge is 0.455 e. The van der Waals surface area contributed by atoms with Gasteiger partial charge in [0.05, 0.1) is 0 Å². The molecule has 0 bridgehead atoms. The second kappa shape index (κ2) is 13.2. The van der Waals surface area contributed by atoms with E-state index in [9.17, 15) is 0 Å². The first-order valence-electron chi connectivity index (χ1n) is 20.2. The lowest BCUT2D eigenvalue weighted by Crippen LogP contribution is -2.14. The van der Waals surface area contributed by atoms with Crippen molar-refractivity contribution in [2.75, 3.05) is 5.32 Å². The van der Waals surface area contributed by atoms with Gasteiger partial charge in [-0.3, -0.25) is 0 Å². The third-order valence-electron chi connectivity index (χ3n) is 12.4. The summed E-state index contributed by atoms with van der Waals surface area (Å²) in [7, 11) is 0. The van der Waals surface area contributed by atoms with Crippen molar-refractivity contribution >= 4 is 44.1 Å². The van der Waals surface area contributed by atoms with Gasteiger partial charge in [-0.05, 0) is 104 Å². The molecule has 1 aliphatic carbocycles. The van der Waals surface area contributed by atoms with Crippen molar-refractivity contribution in [2.24, 2.45) is 0 Å². The van der Waals surface area contributed by atoms with Crippen LogP contribution in [-0.4, -0.2) is 0 Å². The number of benzene rings is 9. The van der Waals surface area contributed by atoms with Crippen molar-refractivity contribution < 1.29 is 4.42 Å². The maximum atomic E-state index is 6.93. The Hall–Kier alpha value is -7.16. The third kappa shape index (κ3) is 5.40. The number of aryl methyl sites for hydroxylation is 1. The van der Waals surface area contributed by atoms with Gasteiger partial charge in [-0.25, -0.2) is 0 Å². The fourth-order valence-corrected chi connectivity index (χ4v) is 9.40. The summed E-state index contributed by atoms with van der Waals surface area (Å²) >= 11 is 0. The predicted molar refractivity (Wildman–Crippen MR) is 245 cm³/mol. The van der Waals surface area contributed by atoms with E-state index in [2.05, 4.69) is 214 Å². The number of anilines is 2. The first-order valence-corrected chi connectivity index (χ1v) is 20.2. The van der Waals surface area contributed by atoms with Crippen LogP contribution in [-0.2, 0) is 5.41 Å². The fourth-order valence-electron chi connectivity index (χ4n) is 9.40. The van der Waals surface area contributed by atoms with Crippen LogP contribution in [0.3, 0.4) is 0 Å². The molecule has 2 nitrogen and oxygen atoms in total. The molecule has 0 unspecified atom stereocenters. The summed E-state index contributed by atoms with van der Waals surface area (Å²) in [6.45, 7) is 6.84. The third-order valence-corrected chi connectivity index (χ3v) is 12.4. The van der Waals surface area contributed by atoms with Crippen LogP contribution in [0, 0.1) is 6.92 Å². The van der Waals surface area contributed by atoms with Crippen molar-refractivity contribution in [3.63, 3.8) is 0 Å². The van der Waals surface area contributed by atoms with E-state index < -0.39 is 0 Å². The van der Waals surface area contributed by atoms with E-state index in [0.717, 1.165) is 50.0 Å². The highest BCUT2D eigenvalue weighted by Gasteiger charge is 2.37. The molecule has 11 rings (SSSR count). The summed E-state index contributed by atoms with van der Waals surface area (Å²) in [6, 6.07) is 68.2. The van der Waals surface area contributed by atoms with Gasteiger partial charge < -0.3 is 9.73 Å². The van der Waals surface area contributed by atoms with Crippen molar-refractivity contribution in [2.45, 2.75) is 26.2 Å². The minimum absolute atomic E-state index is 0.0791. The van der Waals surface area contributed by atoms with Gasteiger partial charge in [-0.15, -0.1) is 0 Å². The number of para-hydroxylation sites is 1. The number of hydrogen-bond donors (Lipinski definition) is 1. The smallest absolute Gasteiger partial charge is 0.143 e. The average molecular weight is 744 g/mol. The zero-order chi connectivity index (χ0) is 39.0. The number of furan rings is 1. The highest BCUT2D eigenvalue weighted by atomic mass is 16.3. The molecule has 1 heterocycles. The zero-order valence-electron chi connectivity index (χ0n) is 32.8. The van der Waals surface area contributed by atoms with Gasteiger partial charge in [0.15, 0.2) is 0 Å².